The summed E-state index contributed by atoms with van der Waals surface area (Å²) in [6.45, 7) is 2.56. The molecule has 2 atom stereocenters. The molecule has 0 bridgehead atoms. The molecule has 4 rings (SSSR count). The van der Waals surface area contributed by atoms with Gasteiger partial charge >= 0.3 is 0 Å². The summed E-state index contributed by atoms with van der Waals surface area (Å²) in [7, 11) is 1.20. The third kappa shape index (κ3) is 7.99. The van der Waals surface area contributed by atoms with Crippen LogP contribution >= 0.6 is 0 Å². The van der Waals surface area contributed by atoms with Crippen LogP contribution in [0.3, 0.4) is 0 Å². The Bertz CT molecular complexity index is 1450. The number of piperidine rings is 1. The van der Waals surface area contributed by atoms with E-state index in [9.17, 15) is 28.6 Å². The first-order chi connectivity index (χ1) is 20.9. The van der Waals surface area contributed by atoms with Crippen molar-refractivity contribution < 1.29 is 38.1 Å². The Morgan fingerprint density at radius 2 is 1.84 bits per heavy atom. The van der Waals surface area contributed by atoms with Gasteiger partial charge in [-0.15, -0.1) is 0 Å². The van der Waals surface area contributed by atoms with Crippen LogP contribution in [0, 0.1) is 6.92 Å². The largest absolute Gasteiger partial charge is 0.530 e. The molecule has 2 N–H and O–H groups in total. The number of carboxylic acid groups (broad SMARTS) is 1. The minimum absolute atomic E-state index is 0.0350. The summed E-state index contributed by atoms with van der Waals surface area (Å²) in [4.78, 5) is 24.4. The van der Waals surface area contributed by atoms with Gasteiger partial charge in [-0.05, 0) is 58.7 Å². The van der Waals surface area contributed by atoms with E-state index in [-0.39, 0.29) is 32.0 Å². The number of alkyl halides is 2. The highest BCUT2D eigenvalue weighted by atomic mass is 19.3. The molecule has 236 valence electrons. The van der Waals surface area contributed by atoms with Crippen molar-refractivity contribution in [1.29, 1.82) is 0 Å². The molecule has 3 aromatic carbocycles. The molecule has 44 heavy (non-hydrogen) atoms. The molecule has 3 aromatic rings. The van der Waals surface area contributed by atoms with E-state index in [1.807, 2.05) is 49.4 Å². The molecule has 0 saturated carbocycles. The third-order valence-electron chi connectivity index (χ3n) is 8.13. The zero-order valence-electron chi connectivity index (χ0n) is 25.3. The summed E-state index contributed by atoms with van der Waals surface area (Å²) in [5.74, 6) is -3.77. The zero-order valence-corrected chi connectivity index (χ0v) is 25.3. The number of halogens is 2. The number of nitrogens with zero attached hydrogens (tertiary/aromatic N) is 1. The molecule has 1 saturated heterocycles. The van der Waals surface area contributed by atoms with Crippen LogP contribution in [0.4, 0.5) is 13.6 Å². The number of nitrogens with one attached hydrogen (secondary N) is 1. The third-order valence-corrected chi connectivity index (χ3v) is 8.13. The van der Waals surface area contributed by atoms with Crippen LogP contribution in [0.2, 0.25) is 0 Å². The number of hydrogen-bond acceptors (Lipinski definition) is 6. The summed E-state index contributed by atoms with van der Waals surface area (Å²) in [6.07, 6.45) is -0.481. The van der Waals surface area contributed by atoms with Crippen molar-refractivity contribution in [3.8, 4) is 11.1 Å². The molecule has 0 aliphatic carbocycles. The van der Waals surface area contributed by atoms with E-state index in [4.69, 9.17) is 4.74 Å². The number of rotatable bonds is 12. The zero-order chi connectivity index (χ0) is 31.9. The smallest absolute Gasteiger partial charge is 0.293 e. The predicted molar refractivity (Wildman–Crippen MR) is 160 cm³/mol. The maximum atomic E-state index is 13.7. The van der Waals surface area contributed by atoms with E-state index in [1.54, 1.807) is 24.3 Å². The van der Waals surface area contributed by atoms with Crippen molar-refractivity contribution in [3.05, 3.63) is 94.5 Å². The Morgan fingerprint density at radius 1 is 1.11 bits per heavy atom. The highest BCUT2D eigenvalue weighted by Crippen LogP contribution is 2.45. The van der Waals surface area contributed by atoms with Gasteiger partial charge in [0.15, 0.2) is 0 Å². The molecule has 0 aromatic heterocycles. The van der Waals surface area contributed by atoms with Crippen molar-refractivity contribution in [2.75, 3.05) is 40.0 Å². The Morgan fingerprint density at radius 3 is 2.50 bits per heavy atom. The number of methoxy groups -OCH3 is 1. The molecule has 8 nitrogen and oxygen atoms in total. The lowest BCUT2D eigenvalue weighted by molar-refractivity contribution is -0.268. The van der Waals surface area contributed by atoms with Crippen molar-refractivity contribution in [3.63, 3.8) is 0 Å². The van der Waals surface area contributed by atoms with Gasteiger partial charge in [-0.1, -0.05) is 66.7 Å². The Hall–Kier alpha value is -3.86. The van der Waals surface area contributed by atoms with Crippen LogP contribution in [0.5, 0.6) is 0 Å². The first kappa shape index (κ1) is 33.0. The highest BCUT2D eigenvalue weighted by molar-refractivity contribution is 5.73. The molecule has 10 heteroatoms. The van der Waals surface area contributed by atoms with Gasteiger partial charge in [0.2, 0.25) is 5.91 Å². The number of amides is 2. The summed E-state index contributed by atoms with van der Waals surface area (Å²) >= 11 is 0. The van der Waals surface area contributed by atoms with Crippen molar-refractivity contribution in [2.45, 2.75) is 50.7 Å². The highest BCUT2D eigenvalue weighted by Gasteiger charge is 2.44. The van der Waals surface area contributed by atoms with E-state index in [0.29, 0.717) is 24.1 Å². The normalized spacial score (nSPS) is 18.7. The van der Waals surface area contributed by atoms with Crippen molar-refractivity contribution in [2.24, 2.45) is 0 Å². The molecular weight excluding hydrogens is 570 g/mol. The van der Waals surface area contributed by atoms with E-state index in [1.165, 1.54) is 18.9 Å². The lowest BCUT2D eigenvalue weighted by Gasteiger charge is -2.46. The summed E-state index contributed by atoms with van der Waals surface area (Å²) < 4.78 is 37.1. The maximum absolute atomic E-state index is 13.7. The topological polar surface area (TPSA) is 111 Å². The Kier molecular flexibility index (Phi) is 10.7. The van der Waals surface area contributed by atoms with Crippen LogP contribution in [0.25, 0.3) is 11.1 Å². The number of likely N-dealkylation sites (tertiary alicyclic amines) is 1. The Labute approximate surface area is 256 Å². The van der Waals surface area contributed by atoms with Crippen LogP contribution in [-0.2, 0) is 32.9 Å². The van der Waals surface area contributed by atoms with E-state index >= 15 is 0 Å². The van der Waals surface area contributed by atoms with Crippen LogP contribution in [-0.4, -0.2) is 67.9 Å². The van der Waals surface area contributed by atoms with Crippen LogP contribution < -0.4 is 10.4 Å². The number of aliphatic hydroxyl groups is 1. The van der Waals surface area contributed by atoms with Gasteiger partial charge in [-0.2, -0.15) is 0 Å². The number of benzene rings is 3. The fraction of sp³-hybridized carbons (Fsp3) is 0.412. The first-order valence-corrected chi connectivity index (χ1v) is 14.6. The molecule has 1 aliphatic rings. The molecule has 0 radical (unpaired) electrons. The molecule has 1 fully saturated rings. The molecular formula is C34H39F2N2O6-. The van der Waals surface area contributed by atoms with Gasteiger partial charge in [-0.25, -0.2) is 8.78 Å². The fourth-order valence-corrected chi connectivity index (χ4v) is 5.90. The number of ether oxygens (including phenoxy) is 2. The average molecular weight is 610 g/mol. The molecule has 1 heterocycles. The molecule has 1 aliphatic heterocycles. The van der Waals surface area contributed by atoms with Gasteiger partial charge in [0.25, 0.3) is 5.92 Å². The lowest BCUT2D eigenvalue weighted by Crippen LogP contribution is -2.53. The fourth-order valence-electron chi connectivity index (χ4n) is 5.90. The molecule has 2 amide bonds. The second-order valence-corrected chi connectivity index (χ2v) is 11.4. The SMILES string of the molecule is COCC(F)(F)COCc1ccc([C@@]2(O)CCN(C(=O)[O-])C[C@@H]2c2ccc(-c3ccccc3CCNC(C)=O)cc2C)cc1. The summed E-state index contributed by atoms with van der Waals surface area (Å²) in [5, 5.41) is 26.9. The lowest BCUT2D eigenvalue weighted by atomic mass is 9.71. The quantitative estimate of drug-likeness (QED) is 0.319. The minimum Gasteiger partial charge on any atom is -0.530 e. The molecule has 0 spiro atoms. The number of aryl methyl sites for hydroxylation is 1. The van der Waals surface area contributed by atoms with E-state index in [0.717, 1.165) is 27.8 Å². The first-order valence-electron chi connectivity index (χ1n) is 14.6. The summed E-state index contributed by atoms with van der Waals surface area (Å²) in [6, 6.07) is 20.8. The second kappa shape index (κ2) is 14.3. The minimum atomic E-state index is -3.09. The van der Waals surface area contributed by atoms with Crippen molar-refractivity contribution in [1.82, 2.24) is 10.2 Å². The molecule has 0 unspecified atom stereocenters. The standard InChI is InChI=1S/C34H40F2N2O6/c1-23-18-27(30-7-5-4-6-26(30)14-16-37-24(2)39)10-13-29(23)31-19-38(32(40)41)17-15-34(31,42)28-11-8-25(9-12-28)20-44-22-33(35,36)21-43-3/h4-13,18,31,42H,14-17,19-22H2,1-3H3,(H,37,39)(H,40,41)/p-1/t31-,34+/m1/s1. The van der Waals surface area contributed by atoms with Gasteiger partial charge in [-0.3, -0.25) is 4.79 Å². The van der Waals surface area contributed by atoms with Gasteiger partial charge in [0, 0.05) is 39.6 Å². The average Bonchev–Trinajstić information content (AvgIpc) is 2.98. The van der Waals surface area contributed by atoms with Crippen molar-refractivity contribution >= 4 is 12.0 Å². The van der Waals surface area contributed by atoms with E-state index in [2.05, 4.69) is 10.1 Å². The monoisotopic (exact) mass is 609 g/mol. The van der Waals surface area contributed by atoms with Gasteiger partial charge in [0.1, 0.15) is 19.3 Å². The number of carbonyl (C=O) groups excluding carboxylic acids is 2. The van der Waals surface area contributed by atoms with Gasteiger partial charge < -0.3 is 34.7 Å². The Balaban J connectivity index is 1.59. The van der Waals surface area contributed by atoms with Crippen LogP contribution in [0.1, 0.15) is 47.1 Å². The number of hydrogen-bond donors (Lipinski definition) is 2. The van der Waals surface area contributed by atoms with Crippen LogP contribution in [0.15, 0.2) is 66.7 Å². The van der Waals surface area contributed by atoms with Gasteiger partial charge in [0.05, 0.1) is 12.2 Å². The second-order valence-electron chi connectivity index (χ2n) is 11.4. The number of carbonyl (C=O) groups is 2. The maximum Gasteiger partial charge on any atom is 0.293 e. The summed E-state index contributed by atoms with van der Waals surface area (Å²) in [5.41, 5.74) is 4.65. The predicted octanol–water partition coefficient (Wildman–Crippen LogP) is 4.16. The van der Waals surface area contributed by atoms with E-state index < -0.39 is 36.7 Å².